The Morgan fingerprint density at radius 2 is 1.80 bits per heavy atom. The smallest absolute Gasteiger partial charge is 0.258 e. The zero-order chi connectivity index (χ0) is 21.1. The van der Waals surface area contributed by atoms with Gasteiger partial charge in [-0.3, -0.25) is 9.59 Å². The van der Waals surface area contributed by atoms with Crippen LogP contribution in [-0.2, 0) is 17.8 Å². The van der Waals surface area contributed by atoms with Crippen LogP contribution in [0, 0.1) is 6.92 Å². The van der Waals surface area contributed by atoms with Crippen LogP contribution in [0.3, 0.4) is 0 Å². The number of pyridine rings is 1. The zero-order valence-electron chi connectivity index (χ0n) is 17.4. The molecule has 1 heterocycles. The highest BCUT2D eigenvalue weighted by molar-refractivity contribution is 6.02. The van der Waals surface area contributed by atoms with Crippen LogP contribution in [0.5, 0.6) is 0 Å². The number of fused-ring (bicyclic) bond motifs is 1. The molecule has 0 spiro atoms. The van der Waals surface area contributed by atoms with E-state index in [0.717, 1.165) is 43.2 Å². The number of aliphatic hydroxyl groups is 1. The van der Waals surface area contributed by atoms with E-state index in [0.29, 0.717) is 23.0 Å². The van der Waals surface area contributed by atoms with Gasteiger partial charge in [0.2, 0.25) is 5.91 Å². The molecule has 5 nitrogen and oxygen atoms in total. The van der Waals surface area contributed by atoms with Crippen molar-refractivity contribution in [1.82, 2.24) is 4.57 Å². The molecule has 1 fully saturated rings. The number of hydrogen-bond acceptors (Lipinski definition) is 3. The maximum Gasteiger partial charge on any atom is 0.258 e. The highest BCUT2D eigenvalue weighted by Crippen LogP contribution is 2.29. The molecule has 3 aromatic rings. The van der Waals surface area contributed by atoms with Gasteiger partial charge in [-0.1, -0.05) is 49.6 Å². The second-order valence-corrected chi connectivity index (χ2v) is 8.45. The summed E-state index contributed by atoms with van der Waals surface area (Å²) in [6.45, 7) is 2.30. The van der Waals surface area contributed by atoms with Crippen LogP contribution < -0.4 is 10.9 Å². The predicted molar refractivity (Wildman–Crippen MR) is 120 cm³/mol. The first kappa shape index (κ1) is 20.4. The molecule has 1 aromatic heterocycles. The van der Waals surface area contributed by atoms with E-state index in [2.05, 4.69) is 5.32 Å². The maximum absolute atomic E-state index is 13.1. The highest BCUT2D eigenvalue weighted by atomic mass is 16.3. The second kappa shape index (κ2) is 8.44. The van der Waals surface area contributed by atoms with Crippen molar-refractivity contribution in [3.63, 3.8) is 0 Å². The summed E-state index contributed by atoms with van der Waals surface area (Å²) in [5, 5.41) is 15.1. The van der Waals surface area contributed by atoms with Crippen molar-refractivity contribution in [2.45, 2.75) is 57.6 Å². The van der Waals surface area contributed by atoms with E-state index in [9.17, 15) is 14.7 Å². The minimum Gasteiger partial charge on any atom is -0.388 e. The van der Waals surface area contributed by atoms with E-state index in [1.165, 1.54) is 0 Å². The maximum atomic E-state index is 13.1. The molecule has 1 aliphatic carbocycles. The fourth-order valence-electron chi connectivity index (χ4n) is 4.41. The summed E-state index contributed by atoms with van der Waals surface area (Å²) in [6, 6.07) is 15.0. The summed E-state index contributed by atoms with van der Waals surface area (Å²) in [7, 11) is 0. The Balaban J connectivity index is 1.58. The number of anilines is 1. The van der Waals surface area contributed by atoms with Crippen LogP contribution >= 0.6 is 0 Å². The molecule has 0 atom stereocenters. The Labute approximate surface area is 176 Å². The first-order chi connectivity index (χ1) is 14.5. The molecule has 2 aromatic carbocycles. The third kappa shape index (κ3) is 4.31. The van der Waals surface area contributed by atoms with E-state index >= 15 is 0 Å². The number of nitrogens with zero attached hydrogens (tertiary/aromatic N) is 1. The number of amides is 1. The highest BCUT2D eigenvalue weighted by Gasteiger charge is 2.30. The molecule has 0 radical (unpaired) electrons. The van der Waals surface area contributed by atoms with Crippen LogP contribution in [0.25, 0.3) is 10.8 Å². The van der Waals surface area contributed by atoms with Crippen molar-refractivity contribution in [2.24, 2.45) is 0 Å². The van der Waals surface area contributed by atoms with E-state index in [1.54, 1.807) is 22.9 Å². The topological polar surface area (TPSA) is 71.3 Å². The summed E-state index contributed by atoms with van der Waals surface area (Å²) in [4.78, 5) is 25.7. The number of carbonyl (C=O) groups is 1. The molecule has 2 N–H and O–H groups in total. The van der Waals surface area contributed by atoms with Crippen molar-refractivity contribution >= 4 is 22.4 Å². The third-order valence-corrected chi connectivity index (χ3v) is 6.15. The van der Waals surface area contributed by atoms with Gasteiger partial charge in [-0.15, -0.1) is 0 Å². The summed E-state index contributed by atoms with van der Waals surface area (Å²) < 4.78 is 1.60. The van der Waals surface area contributed by atoms with Gasteiger partial charge in [0.05, 0.1) is 18.6 Å². The van der Waals surface area contributed by atoms with Gasteiger partial charge in [-0.25, -0.2) is 0 Å². The minimum absolute atomic E-state index is 0.113. The third-order valence-electron chi connectivity index (χ3n) is 6.15. The van der Waals surface area contributed by atoms with Crippen molar-refractivity contribution in [2.75, 3.05) is 5.32 Å². The van der Waals surface area contributed by atoms with Gasteiger partial charge in [-0.05, 0) is 49.1 Å². The Morgan fingerprint density at radius 1 is 1.03 bits per heavy atom. The number of rotatable bonds is 5. The Hall–Kier alpha value is -2.92. The van der Waals surface area contributed by atoms with Crippen LogP contribution in [-0.4, -0.2) is 21.2 Å². The lowest BCUT2D eigenvalue weighted by Gasteiger charge is -2.32. The summed E-state index contributed by atoms with van der Waals surface area (Å²) in [6.07, 6.45) is 6.60. The first-order valence-electron chi connectivity index (χ1n) is 10.6. The Kier molecular flexibility index (Phi) is 5.73. The van der Waals surface area contributed by atoms with Crippen LogP contribution in [0.15, 0.2) is 59.5 Å². The lowest BCUT2D eigenvalue weighted by Crippen LogP contribution is -2.39. The van der Waals surface area contributed by atoms with Crippen molar-refractivity contribution in [3.8, 4) is 0 Å². The molecule has 0 bridgehead atoms. The molecule has 1 aliphatic rings. The van der Waals surface area contributed by atoms with Gasteiger partial charge in [0, 0.05) is 22.7 Å². The number of aryl methyl sites for hydroxylation is 1. The molecule has 156 valence electrons. The SMILES string of the molecule is Cc1ccccc1CC(=O)Nc1cccc2c(=O)n(CC3(O)CCCCC3)ccc12. The van der Waals surface area contributed by atoms with E-state index in [1.807, 2.05) is 43.3 Å². The lowest BCUT2D eigenvalue weighted by molar-refractivity contribution is -0.115. The quantitative estimate of drug-likeness (QED) is 0.670. The number of nitrogens with one attached hydrogen (secondary N) is 1. The van der Waals surface area contributed by atoms with Crippen LogP contribution in [0.1, 0.15) is 43.2 Å². The molecule has 5 heteroatoms. The summed E-state index contributed by atoms with van der Waals surface area (Å²) in [5.41, 5.74) is 1.75. The average molecular weight is 405 g/mol. The standard InChI is InChI=1S/C25H28N2O3/c1-18-8-3-4-9-19(18)16-23(28)26-22-11-7-10-21-20(22)12-15-27(24(21)29)17-25(30)13-5-2-6-14-25/h3-4,7-12,15,30H,2,5-6,13-14,16-17H2,1H3,(H,26,28). The zero-order valence-corrected chi connectivity index (χ0v) is 17.4. The Morgan fingerprint density at radius 3 is 2.57 bits per heavy atom. The van der Waals surface area contributed by atoms with Crippen LogP contribution in [0.2, 0.25) is 0 Å². The summed E-state index contributed by atoms with van der Waals surface area (Å²) >= 11 is 0. The average Bonchev–Trinajstić information content (AvgIpc) is 2.73. The van der Waals surface area contributed by atoms with Gasteiger partial charge in [0.1, 0.15) is 0 Å². The number of hydrogen-bond donors (Lipinski definition) is 2. The molecule has 0 unspecified atom stereocenters. The number of benzene rings is 2. The molecular formula is C25H28N2O3. The number of carbonyl (C=O) groups excluding carboxylic acids is 1. The van der Waals surface area contributed by atoms with Crippen molar-refractivity contribution in [1.29, 1.82) is 0 Å². The molecule has 0 aliphatic heterocycles. The summed E-state index contributed by atoms with van der Waals surface area (Å²) in [5.74, 6) is -0.113. The minimum atomic E-state index is -0.810. The van der Waals surface area contributed by atoms with E-state index in [4.69, 9.17) is 0 Å². The molecule has 4 rings (SSSR count). The predicted octanol–water partition coefficient (Wildman–Crippen LogP) is 4.19. The molecule has 1 amide bonds. The van der Waals surface area contributed by atoms with Gasteiger partial charge in [0.25, 0.3) is 5.56 Å². The van der Waals surface area contributed by atoms with Gasteiger partial charge >= 0.3 is 0 Å². The Bertz CT molecular complexity index is 1130. The van der Waals surface area contributed by atoms with Crippen molar-refractivity contribution in [3.05, 3.63) is 76.2 Å². The number of aromatic nitrogens is 1. The normalized spacial score (nSPS) is 15.8. The second-order valence-electron chi connectivity index (χ2n) is 8.45. The van der Waals surface area contributed by atoms with Gasteiger partial charge in [-0.2, -0.15) is 0 Å². The van der Waals surface area contributed by atoms with Gasteiger partial charge in [0.15, 0.2) is 0 Å². The van der Waals surface area contributed by atoms with Gasteiger partial charge < -0.3 is 15.0 Å². The fourth-order valence-corrected chi connectivity index (χ4v) is 4.41. The van der Waals surface area contributed by atoms with E-state index in [-0.39, 0.29) is 17.9 Å². The van der Waals surface area contributed by atoms with Crippen molar-refractivity contribution < 1.29 is 9.90 Å². The fraction of sp³-hybridized carbons (Fsp3) is 0.360. The van der Waals surface area contributed by atoms with E-state index < -0.39 is 5.60 Å². The largest absolute Gasteiger partial charge is 0.388 e. The molecule has 30 heavy (non-hydrogen) atoms. The lowest BCUT2D eigenvalue weighted by atomic mass is 9.85. The molecule has 0 saturated heterocycles. The molecular weight excluding hydrogens is 376 g/mol. The first-order valence-corrected chi connectivity index (χ1v) is 10.6. The monoisotopic (exact) mass is 404 g/mol. The molecule has 1 saturated carbocycles. The van der Waals surface area contributed by atoms with Crippen LogP contribution in [0.4, 0.5) is 5.69 Å².